The predicted molar refractivity (Wildman–Crippen MR) is 67.3 cm³/mol. The van der Waals surface area contributed by atoms with Gasteiger partial charge >= 0.3 is 0 Å². The smallest absolute Gasteiger partial charge is 0.229 e. The summed E-state index contributed by atoms with van der Waals surface area (Å²) in [6, 6.07) is 6.72. The molecule has 2 N–H and O–H groups in total. The number of sulfonamides is 1. The molecule has 0 aliphatic heterocycles. The number of benzene rings is 1. The molecule has 5 nitrogen and oxygen atoms in total. The highest BCUT2D eigenvalue weighted by atomic mass is 32.2. The molecule has 0 saturated carbocycles. The molecule has 0 unspecified atom stereocenters. The van der Waals surface area contributed by atoms with E-state index in [0.717, 1.165) is 11.8 Å². The van der Waals surface area contributed by atoms with Crippen molar-refractivity contribution in [1.82, 2.24) is 5.32 Å². The number of likely N-dealkylation sites (N-methyl/N-ethyl adjacent to an activating group) is 1. The van der Waals surface area contributed by atoms with Crippen molar-refractivity contribution in [3.8, 4) is 0 Å². The second-order valence-electron chi connectivity index (χ2n) is 3.70. The first-order valence-electron chi connectivity index (χ1n) is 5.24. The zero-order valence-corrected chi connectivity index (χ0v) is 10.7. The lowest BCUT2D eigenvalue weighted by Gasteiger charge is -2.05. The van der Waals surface area contributed by atoms with E-state index in [1.54, 1.807) is 24.3 Å². The van der Waals surface area contributed by atoms with Crippen molar-refractivity contribution in [3.05, 3.63) is 29.8 Å². The summed E-state index contributed by atoms with van der Waals surface area (Å²) in [6.45, 7) is 2.46. The Hall–Kier alpha value is -1.56. The maximum Gasteiger partial charge on any atom is 0.229 e. The van der Waals surface area contributed by atoms with Crippen LogP contribution < -0.4 is 10.0 Å². The topological polar surface area (TPSA) is 75.3 Å². The summed E-state index contributed by atoms with van der Waals surface area (Å²) in [5.41, 5.74) is 1.34. The summed E-state index contributed by atoms with van der Waals surface area (Å²) in [7, 11) is -3.25. The second kappa shape index (κ2) is 5.67. The Morgan fingerprint density at radius 2 is 1.82 bits per heavy atom. The van der Waals surface area contributed by atoms with Gasteiger partial charge in [-0.1, -0.05) is 12.1 Å². The van der Waals surface area contributed by atoms with E-state index in [0.29, 0.717) is 18.7 Å². The van der Waals surface area contributed by atoms with Crippen LogP contribution in [0.5, 0.6) is 0 Å². The molecule has 0 aliphatic rings. The zero-order chi connectivity index (χ0) is 12.9. The Balaban J connectivity index is 2.65. The molecule has 0 fully saturated rings. The maximum absolute atomic E-state index is 11.3. The first kappa shape index (κ1) is 13.5. The maximum atomic E-state index is 11.3. The van der Waals surface area contributed by atoms with E-state index in [-0.39, 0.29) is 5.91 Å². The number of hydrogen-bond donors (Lipinski definition) is 2. The number of amides is 1. The van der Waals surface area contributed by atoms with Crippen molar-refractivity contribution in [1.29, 1.82) is 0 Å². The van der Waals surface area contributed by atoms with Crippen molar-refractivity contribution in [2.45, 2.75) is 13.3 Å². The Morgan fingerprint density at radius 3 is 2.29 bits per heavy atom. The van der Waals surface area contributed by atoms with Crippen LogP contribution in [0.15, 0.2) is 24.3 Å². The summed E-state index contributed by atoms with van der Waals surface area (Å²) in [4.78, 5) is 11.3. The van der Waals surface area contributed by atoms with Gasteiger partial charge in [0.15, 0.2) is 0 Å². The lowest BCUT2D eigenvalue weighted by atomic mass is 10.1. The lowest BCUT2D eigenvalue weighted by molar-refractivity contribution is -0.120. The van der Waals surface area contributed by atoms with E-state index in [1.165, 1.54) is 0 Å². The Labute approximate surface area is 101 Å². The Morgan fingerprint density at radius 1 is 1.24 bits per heavy atom. The molecule has 0 aliphatic carbocycles. The molecule has 0 aromatic heterocycles. The fourth-order valence-corrected chi connectivity index (χ4v) is 1.91. The average Bonchev–Trinajstić information content (AvgIpc) is 2.19. The van der Waals surface area contributed by atoms with Crippen LogP contribution in [0, 0.1) is 0 Å². The molecule has 0 atom stereocenters. The van der Waals surface area contributed by atoms with Crippen LogP contribution in [0.4, 0.5) is 5.69 Å². The molecule has 1 aromatic carbocycles. The van der Waals surface area contributed by atoms with Crippen LogP contribution in [0.1, 0.15) is 12.5 Å². The molecular formula is C11H16N2O3S. The van der Waals surface area contributed by atoms with Gasteiger partial charge in [0.25, 0.3) is 0 Å². The molecular weight excluding hydrogens is 240 g/mol. The fourth-order valence-electron chi connectivity index (χ4n) is 1.35. The Kier molecular flexibility index (Phi) is 4.51. The molecule has 0 radical (unpaired) electrons. The quantitative estimate of drug-likeness (QED) is 0.815. The van der Waals surface area contributed by atoms with Crippen LogP contribution in [-0.4, -0.2) is 27.1 Å². The van der Waals surface area contributed by atoms with E-state index >= 15 is 0 Å². The van der Waals surface area contributed by atoms with Gasteiger partial charge in [0, 0.05) is 12.2 Å². The molecule has 17 heavy (non-hydrogen) atoms. The normalized spacial score (nSPS) is 10.9. The molecule has 1 amide bonds. The molecule has 0 bridgehead atoms. The number of hydrogen-bond acceptors (Lipinski definition) is 3. The van der Waals surface area contributed by atoms with Crippen LogP contribution in [-0.2, 0) is 21.2 Å². The van der Waals surface area contributed by atoms with Crippen LogP contribution in [0.2, 0.25) is 0 Å². The lowest BCUT2D eigenvalue weighted by Crippen LogP contribution is -2.24. The highest BCUT2D eigenvalue weighted by Crippen LogP contribution is 2.11. The minimum Gasteiger partial charge on any atom is -0.356 e. The minimum absolute atomic E-state index is 0.0451. The first-order valence-corrected chi connectivity index (χ1v) is 7.13. The van der Waals surface area contributed by atoms with Crippen molar-refractivity contribution in [2.75, 3.05) is 17.5 Å². The standard InChI is InChI=1S/C11H16N2O3S/c1-3-12-11(14)8-9-4-6-10(7-5-9)13-17(2,15)16/h4-7,13H,3,8H2,1-2H3,(H,12,14). The van der Waals surface area contributed by atoms with Gasteiger partial charge < -0.3 is 5.32 Å². The molecule has 6 heteroatoms. The fraction of sp³-hybridized carbons (Fsp3) is 0.364. The van der Waals surface area contributed by atoms with Gasteiger partial charge in [-0.2, -0.15) is 0 Å². The number of nitrogens with one attached hydrogen (secondary N) is 2. The van der Waals surface area contributed by atoms with E-state index in [4.69, 9.17) is 0 Å². The highest BCUT2D eigenvalue weighted by Gasteiger charge is 2.04. The summed E-state index contributed by atoms with van der Waals surface area (Å²) in [5.74, 6) is -0.0451. The largest absolute Gasteiger partial charge is 0.356 e. The summed E-state index contributed by atoms with van der Waals surface area (Å²) < 4.78 is 24.3. The number of carbonyl (C=O) groups excluding carboxylic acids is 1. The van der Waals surface area contributed by atoms with Crippen LogP contribution in [0.3, 0.4) is 0 Å². The van der Waals surface area contributed by atoms with Gasteiger partial charge in [0.2, 0.25) is 15.9 Å². The SMILES string of the molecule is CCNC(=O)Cc1ccc(NS(C)(=O)=O)cc1. The van der Waals surface area contributed by atoms with Gasteiger partial charge in [-0.25, -0.2) is 8.42 Å². The summed E-state index contributed by atoms with van der Waals surface area (Å²) in [5, 5.41) is 2.70. The van der Waals surface area contributed by atoms with Crippen molar-refractivity contribution < 1.29 is 13.2 Å². The third-order valence-electron chi connectivity index (χ3n) is 2.00. The van der Waals surface area contributed by atoms with E-state index in [2.05, 4.69) is 10.0 Å². The van der Waals surface area contributed by atoms with E-state index < -0.39 is 10.0 Å². The number of anilines is 1. The molecule has 1 rings (SSSR count). The molecule has 0 saturated heterocycles. The third kappa shape index (κ3) is 5.35. The highest BCUT2D eigenvalue weighted by molar-refractivity contribution is 7.92. The van der Waals surface area contributed by atoms with Crippen molar-refractivity contribution in [2.24, 2.45) is 0 Å². The van der Waals surface area contributed by atoms with Gasteiger partial charge in [-0.05, 0) is 24.6 Å². The first-order chi connectivity index (χ1) is 7.90. The van der Waals surface area contributed by atoms with E-state index in [9.17, 15) is 13.2 Å². The van der Waals surface area contributed by atoms with Crippen molar-refractivity contribution in [3.63, 3.8) is 0 Å². The van der Waals surface area contributed by atoms with Crippen LogP contribution >= 0.6 is 0 Å². The third-order valence-corrected chi connectivity index (χ3v) is 2.60. The second-order valence-corrected chi connectivity index (χ2v) is 5.45. The molecule has 94 valence electrons. The average molecular weight is 256 g/mol. The zero-order valence-electron chi connectivity index (χ0n) is 9.86. The monoisotopic (exact) mass is 256 g/mol. The van der Waals surface area contributed by atoms with Gasteiger partial charge in [-0.15, -0.1) is 0 Å². The minimum atomic E-state index is -3.25. The molecule has 1 aromatic rings. The summed E-state index contributed by atoms with van der Waals surface area (Å²) >= 11 is 0. The molecule has 0 spiro atoms. The Bertz CT molecular complexity index is 480. The number of carbonyl (C=O) groups is 1. The van der Waals surface area contributed by atoms with Gasteiger partial charge in [0.1, 0.15) is 0 Å². The predicted octanol–water partition coefficient (Wildman–Crippen LogP) is 0.737. The summed E-state index contributed by atoms with van der Waals surface area (Å²) in [6.07, 6.45) is 1.39. The van der Waals surface area contributed by atoms with Crippen molar-refractivity contribution >= 4 is 21.6 Å². The van der Waals surface area contributed by atoms with Gasteiger partial charge in [0.05, 0.1) is 12.7 Å². The molecule has 0 heterocycles. The van der Waals surface area contributed by atoms with Gasteiger partial charge in [-0.3, -0.25) is 9.52 Å². The van der Waals surface area contributed by atoms with Crippen LogP contribution in [0.25, 0.3) is 0 Å². The van der Waals surface area contributed by atoms with E-state index in [1.807, 2.05) is 6.92 Å². The number of rotatable bonds is 5.